The molecule has 3 aromatic rings. The molecule has 0 saturated heterocycles. The second-order valence-corrected chi connectivity index (χ2v) is 10.4. The standard InChI is InChI=1S/C21H23N5O3S/c1-13(2)30(28,29)17-7-5-16(6-8-17)24-20-19-18(9-10-23-21(19)27)26(25-20)12-15(11-22)14-3-4-14/h5-10,13-15H,3-4,12H2,1-2H3,(H,23,27)(H,24,25). The Bertz CT molecular complexity index is 1280. The Kier molecular flexibility index (Phi) is 5.12. The highest BCUT2D eigenvalue weighted by atomic mass is 32.2. The summed E-state index contributed by atoms with van der Waals surface area (Å²) in [7, 11) is -3.36. The highest BCUT2D eigenvalue weighted by Crippen LogP contribution is 2.38. The number of nitrogens with zero attached hydrogens (tertiary/aromatic N) is 3. The fraction of sp³-hybridized carbons (Fsp3) is 0.381. The van der Waals surface area contributed by atoms with Crippen LogP contribution < -0.4 is 10.9 Å². The van der Waals surface area contributed by atoms with Crippen LogP contribution in [0.2, 0.25) is 0 Å². The maximum atomic E-state index is 12.5. The summed E-state index contributed by atoms with van der Waals surface area (Å²) in [6.45, 7) is 3.71. The van der Waals surface area contributed by atoms with Crippen LogP contribution in [0.5, 0.6) is 0 Å². The molecule has 0 spiro atoms. The van der Waals surface area contributed by atoms with Crippen molar-refractivity contribution in [1.82, 2.24) is 14.8 Å². The van der Waals surface area contributed by atoms with Crippen molar-refractivity contribution in [2.24, 2.45) is 11.8 Å². The minimum absolute atomic E-state index is 0.138. The minimum atomic E-state index is -3.36. The van der Waals surface area contributed by atoms with Crippen molar-refractivity contribution < 1.29 is 8.42 Å². The van der Waals surface area contributed by atoms with Crippen molar-refractivity contribution in [2.45, 2.75) is 43.4 Å². The molecule has 8 nitrogen and oxygen atoms in total. The molecule has 2 heterocycles. The molecule has 4 rings (SSSR count). The number of hydrogen-bond acceptors (Lipinski definition) is 6. The Morgan fingerprint density at radius 2 is 1.97 bits per heavy atom. The lowest BCUT2D eigenvalue weighted by molar-refractivity contribution is 0.466. The van der Waals surface area contributed by atoms with Crippen molar-refractivity contribution in [3.8, 4) is 6.07 Å². The average Bonchev–Trinajstić information content (AvgIpc) is 3.50. The Labute approximate surface area is 174 Å². The van der Waals surface area contributed by atoms with Crippen LogP contribution in [-0.4, -0.2) is 28.4 Å². The third kappa shape index (κ3) is 3.71. The lowest BCUT2D eigenvalue weighted by atomic mass is 10.1. The number of nitrogens with one attached hydrogen (secondary N) is 2. The van der Waals surface area contributed by atoms with E-state index in [1.165, 1.54) is 0 Å². The number of pyridine rings is 1. The third-order valence-corrected chi connectivity index (χ3v) is 7.64. The lowest BCUT2D eigenvalue weighted by Crippen LogP contribution is -2.13. The summed E-state index contributed by atoms with van der Waals surface area (Å²) in [5.74, 6) is 0.627. The van der Waals surface area contributed by atoms with Gasteiger partial charge in [0.1, 0.15) is 5.39 Å². The smallest absolute Gasteiger partial charge is 0.261 e. The molecule has 0 bridgehead atoms. The number of aromatic nitrogens is 3. The number of sulfone groups is 1. The molecule has 1 aliphatic carbocycles. The second kappa shape index (κ2) is 7.61. The van der Waals surface area contributed by atoms with Crippen LogP contribution in [0.25, 0.3) is 10.9 Å². The molecule has 0 amide bonds. The molecular formula is C21H23N5O3S. The van der Waals surface area contributed by atoms with Crippen molar-refractivity contribution in [3.05, 3.63) is 46.9 Å². The highest BCUT2D eigenvalue weighted by molar-refractivity contribution is 7.92. The number of benzene rings is 1. The van der Waals surface area contributed by atoms with E-state index in [9.17, 15) is 18.5 Å². The number of aromatic amines is 1. The number of anilines is 2. The van der Waals surface area contributed by atoms with E-state index in [0.717, 1.165) is 12.8 Å². The summed E-state index contributed by atoms with van der Waals surface area (Å²) in [6, 6.07) is 10.5. The predicted molar refractivity (Wildman–Crippen MR) is 114 cm³/mol. The van der Waals surface area contributed by atoms with Crippen LogP contribution in [0.1, 0.15) is 26.7 Å². The van der Waals surface area contributed by atoms with Crippen molar-refractivity contribution in [2.75, 3.05) is 5.32 Å². The molecule has 156 valence electrons. The Morgan fingerprint density at radius 3 is 2.57 bits per heavy atom. The van der Waals surface area contributed by atoms with Gasteiger partial charge in [-0.3, -0.25) is 9.48 Å². The van der Waals surface area contributed by atoms with Crippen LogP contribution in [0.15, 0.2) is 46.2 Å². The van der Waals surface area contributed by atoms with Crippen LogP contribution in [0.3, 0.4) is 0 Å². The molecule has 1 unspecified atom stereocenters. The predicted octanol–water partition coefficient (Wildman–Crippen LogP) is 3.20. The van der Waals surface area contributed by atoms with Crippen LogP contribution >= 0.6 is 0 Å². The minimum Gasteiger partial charge on any atom is -0.338 e. The number of hydrogen-bond donors (Lipinski definition) is 2. The van der Waals surface area contributed by atoms with Gasteiger partial charge in [-0.2, -0.15) is 10.4 Å². The first-order valence-electron chi connectivity index (χ1n) is 9.90. The second-order valence-electron chi connectivity index (χ2n) is 7.91. The van der Waals surface area contributed by atoms with Gasteiger partial charge >= 0.3 is 0 Å². The topological polar surface area (TPSA) is 121 Å². The SMILES string of the molecule is CC(C)S(=O)(=O)c1ccc(Nc2nn(CC(C#N)C3CC3)c3cc[nH]c(=O)c23)cc1. The van der Waals surface area contributed by atoms with E-state index in [0.29, 0.717) is 34.9 Å². The third-order valence-electron chi connectivity index (χ3n) is 5.47. The van der Waals surface area contributed by atoms with Gasteiger partial charge in [-0.15, -0.1) is 0 Å². The van der Waals surface area contributed by atoms with E-state index >= 15 is 0 Å². The molecule has 1 aliphatic rings. The molecule has 1 aromatic carbocycles. The average molecular weight is 426 g/mol. The fourth-order valence-corrected chi connectivity index (χ4v) is 4.54. The first-order valence-corrected chi connectivity index (χ1v) is 11.4. The van der Waals surface area contributed by atoms with Gasteiger partial charge in [0.05, 0.1) is 34.2 Å². The van der Waals surface area contributed by atoms with Crippen LogP contribution in [0.4, 0.5) is 11.5 Å². The molecule has 30 heavy (non-hydrogen) atoms. The first-order chi connectivity index (χ1) is 14.3. The molecule has 0 radical (unpaired) electrons. The number of nitriles is 1. The van der Waals surface area contributed by atoms with Crippen LogP contribution in [-0.2, 0) is 16.4 Å². The van der Waals surface area contributed by atoms with Gasteiger partial charge in [-0.05, 0) is 62.9 Å². The van der Waals surface area contributed by atoms with Gasteiger partial charge < -0.3 is 10.3 Å². The maximum Gasteiger partial charge on any atom is 0.261 e. The molecular weight excluding hydrogens is 402 g/mol. The fourth-order valence-electron chi connectivity index (χ4n) is 3.48. The highest BCUT2D eigenvalue weighted by Gasteiger charge is 2.32. The summed E-state index contributed by atoms with van der Waals surface area (Å²) in [6.07, 6.45) is 3.67. The number of rotatable bonds is 7. The maximum absolute atomic E-state index is 12.5. The van der Waals surface area contributed by atoms with Gasteiger partial charge in [0.2, 0.25) is 0 Å². The monoisotopic (exact) mass is 425 g/mol. The molecule has 2 N–H and O–H groups in total. The van der Waals surface area contributed by atoms with Gasteiger partial charge in [0.25, 0.3) is 5.56 Å². The Morgan fingerprint density at radius 1 is 1.27 bits per heavy atom. The van der Waals surface area contributed by atoms with Gasteiger partial charge in [-0.25, -0.2) is 8.42 Å². The first kappa shape index (κ1) is 20.2. The quantitative estimate of drug-likeness (QED) is 0.600. The summed E-state index contributed by atoms with van der Waals surface area (Å²) in [5, 5.41) is 17.1. The van der Waals surface area contributed by atoms with E-state index in [4.69, 9.17) is 0 Å². The van der Waals surface area contributed by atoms with Gasteiger partial charge in [0.15, 0.2) is 15.7 Å². The molecule has 2 aromatic heterocycles. The van der Waals surface area contributed by atoms with E-state index in [1.54, 1.807) is 55.1 Å². The summed E-state index contributed by atoms with van der Waals surface area (Å²) < 4.78 is 26.3. The molecule has 1 fully saturated rings. The van der Waals surface area contributed by atoms with E-state index < -0.39 is 15.1 Å². The Hall–Kier alpha value is -3.12. The zero-order valence-corrected chi connectivity index (χ0v) is 17.6. The number of H-pyrrole nitrogens is 1. The largest absolute Gasteiger partial charge is 0.338 e. The Balaban J connectivity index is 1.68. The molecule has 9 heteroatoms. The summed E-state index contributed by atoms with van der Waals surface area (Å²) >= 11 is 0. The van der Waals surface area contributed by atoms with Crippen molar-refractivity contribution in [1.29, 1.82) is 5.26 Å². The molecule has 1 atom stereocenters. The summed E-state index contributed by atoms with van der Waals surface area (Å²) in [5.41, 5.74) is 0.993. The zero-order valence-electron chi connectivity index (χ0n) is 16.8. The van der Waals surface area contributed by atoms with Crippen molar-refractivity contribution in [3.63, 3.8) is 0 Å². The molecule has 1 saturated carbocycles. The van der Waals surface area contributed by atoms with Crippen LogP contribution in [0, 0.1) is 23.2 Å². The number of fused-ring (bicyclic) bond motifs is 1. The van der Waals surface area contributed by atoms with Gasteiger partial charge in [-0.1, -0.05) is 0 Å². The van der Waals surface area contributed by atoms with Crippen molar-refractivity contribution >= 4 is 32.2 Å². The van der Waals surface area contributed by atoms with E-state index in [1.807, 2.05) is 0 Å². The van der Waals surface area contributed by atoms with E-state index in [2.05, 4.69) is 21.5 Å². The summed E-state index contributed by atoms with van der Waals surface area (Å²) in [4.78, 5) is 15.4. The lowest BCUT2D eigenvalue weighted by Gasteiger charge is -2.09. The normalized spacial score (nSPS) is 15.3. The zero-order chi connectivity index (χ0) is 21.5. The molecule has 0 aliphatic heterocycles. The van der Waals surface area contributed by atoms with Gasteiger partial charge in [0, 0.05) is 11.9 Å². The van der Waals surface area contributed by atoms with E-state index in [-0.39, 0.29) is 16.4 Å².